The average molecular weight is 326 g/mol. The third kappa shape index (κ3) is 3.40. The van der Waals surface area contributed by atoms with Gasteiger partial charge in [-0.25, -0.2) is 0 Å². The van der Waals surface area contributed by atoms with Gasteiger partial charge in [-0.3, -0.25) is 9.59 Å². The minimum Gasteiger partial charge on any atom is -0.368 e. The first-order valence-electron chi connectivity index (χ1n) is 7.45. The van der Waals surface area contributed by atoms with Crippen LogP contribution in [0.2, 0.25) is 0 Å². The summed E-state index contributed by atoms with van der Waals surface area (Å²) in [4.78, 5) is 25.4. The highest BCUT2D eigenvalue weighted by molar-refractivity contribution is 8.01. The SMILES string of the molecule is Cc1ccc2c(c1)S[C@H](C(=O)N[C@@H](C(N)=O)c1ccccc1)C2. The van der Waals surface area contributed by atoms with Gasteiger partial charge in [-0.2, -0.15) is 0 Å². The zero-order valence-electron chi connectivity index (χ0n) is 12.8. The number of benzene rings is 2. The maximum atomic E-state index is 12.5. The second-order valence-corrected chi connectivity index (χ2v) is 6.92. The molecule has 0 unspecified atom stereocenters. The van der Waals surface area contributed by atoms with E-state index in [0.717, 1.165) is 4.90 Å². The molecule has 1 aliphatic rings. The number of thioether (sulfide) groups is 1. The van der Waals surface area contributed by atoms with E-state index >= 15 is 0 Å². The molecule has 0 radical (unpaired) electrons. The third-order valence-electron chi connectivity index (χ3n) is 3.89. The lowest BCUT2D eigenvalue weighted by Crippen LogP contribution is -2.41. The molecule has 2 atom stereocenters. The lowest BCUT2D eigenvalue weighted by molar-refractivity contribution is -0.127. The van der Waals surface area contributed by atoms with Crippen molar-refractivity contribution in [2.45, 2.75) is 29.5 Å². The maximum Gasteiger partial charge on any atom is 0.244 e. The molecule has 0 spiro atoms. The van der Waals surface area contributed by atoms with Crippen LogP contribution in [0.15, 0.2) is 53.4 Å². The van der Waals surface area contributed by atoms with E-state index in [1.54, 1.807) is 23.9 Å². The van der Waals surface area contributed by atoms with Crippen molar-refractivity contribution in [1.29, 1.82) is 0 Å². The van der Waals surface area contributed by atoms with Crippen LogP contribution < -0.4 is 11.1 Å². The van der Waals surface area contributed by atoms with Crippen molar-refractivity contribution in [3.05, 3.63) is 65.2 Å². The fourth-order valence-electron chi connectivity index (χ4n) is 2.68. The summed E-state index contributed by atoms with van der Waals surface area (Å²) < 4.78 is 0. The van der Waals surface area contributed by atoms with Gasteiger partial charge in [0.25, 0.3) is 0 Å². The van der Waals surface area contributed by atoms with Gasteiger partial charge in [0.05, 0.1) is 5.25 Å². The van der Waals surface area contributed by atoms with E-state index in [2.05, 4.69) is 23.5 Å². The highest BCUT2D eigenvalue weighted by Gasteiger charge is 2.31. The van der Waals surface area contributed by atoms with Crippen molar-refractivity contribution < 1.29 is 9.59 Å². The van der Waals surface area contributed by atoms with E-state index < -0.39 is 11.9 Å². The first-order chi connectivity index (χ1) is 11.0. The van der Waals surface area contributed by atoms with Crippen molar-refractivity contribution in [1.82, 2.24) is 5.32 Å². The minimum atomic E-state index is -0.797. The molecule has 0 aromatic heterocycles. The summed E-state index contributed by atoms with van der Waals surface area (Å²) in [6.45, 7) is 2.03. The molecule has 0 aliphatic carbocycles. The van der Waals surface area contributed by atoms with Crippen LogP contribution in [0.5, 0.6) is 0 Å². The molecule has 1 aliphatic heterocycles. The van der Waals surface area contributed by atoms with Crippen molar-refractivity contribution >= 4 is 23.6 Å². The number of primary amides is 1. The molecule has 118 valence electrons. The molecule has 0 saturated heterocycles. The summed E-state index contributed by atoms with van der Waals surface area (Å²) in [6.07, 6.45) is 0.673. The van der Waals surface area contributed by atoms with Crippen LogP contribution in [0.1, 0.15) is 22.7 Å². The van der Waals surface area contributed by atoms with E-state index in [9.17, 15) is 9.59 Å². The van der Waals surface area contributed by atoms with Gasteiger partial charge in [0.15, 0.2) is 0 Å². The molecule has 2 amide bonds. The minimum absolute atomic E-state index is 0.156. The normalized spacial score (nSPS) is 17.3. The number of fused-ring (bicyclic) bond motifs is 1. The third-order valence-corrected chi connectivity index (χ3v) is 5.19. The number of hydrogen-bond acceptors (Lipinski definition) is 3. The van der Waals surface area contributed by atoms with E-state index in [4.69, 9.17) is 5.73 Å². The van der Waals surface area contributed by atoms with Gasteiger partial charge in [0.2, 0.25) is 11.8 Å². The Kier molecular flexibility index (Phi) is 4.39. The van der Waals surface area contributed by atoms with Gasteiger partial charge >= 0.3 is 0 Å². The van der Waals surface area contributed by atoms with Gasteiger partial charge in [-0.15, -0.1) is 11.8 Å². The van der Waals surface area contributed by atoms with Crippen LogP contribution in [0, 0.1) is 6.92 Å². The monoisotopic (exact) mass is 326 g/mol. The Balaban J connectivity index is 1.73. The van der Waals surface area contributed by atoms with Crippen molar-refractivity contribution in [2.24, 2.45) is 5.73 Å². The lowest BCUT2D eigenvalue weighted by atomic mass is 10.0. The predicted molar refractivity (Wildman–Crippen MR) is 91.0 cm³/mol. The Labute approximate surface area is 139 Å². The summed E-state index contributed by atoms with van der Waals surface area (Å²) in [6, 6.07) is 14.5. The largest absolute Gasteiger partial charge is 0.368 e. The Hall–Kier alpha value is -2.27. The molecular formula is C18H18N2O2S. The molecule has 1 heterocycles. The van der Waals surface area contributed by atoms with Gasteiger partial charge < -0.3 is 11.1 Å². The maximum absolute atomic E-state index is 12.5. The number of carbonyl (C=O) groups is 2. The number of amides is 2. The summed E-state index contributed by atoms with van der Waals surface area (Å²) >= 11 is 1.54. The Bertz CT molecular complexity index is 746. The van der Waals surface area contributed by atoms with Gasteiger partial charge in [-0.05, 0) is 30.5 Å². The zero-order chi connectivity index (χ0) is 16.4. The molecule has 3 rings (SSSR count). The van der Waals surface area contributed by atoms with Crippen LogP contribution in [-0.2, 0) is 16.0 Å². The fourth-order valence-corrected chi connectivity index (χ4v) is 3.98. The zero-order valence-corrected chi connectivity index (χ0v) is 13.6. The van der Waals surface area contributed by atoms with E-state index in [1.165, 1.54) is 11.1 Å². The van der Waals surface area contributed by atoms with Gasteiger partial charge in [0.1, 0.15) is 6.04 Å². The number of aryl methyl sites for hydroxylation is 1. The molecular weight excluding hydrogens is 308 g/mol. The first-order valence-corrected chi connectivity index (χ1v) is 8.33. The molecule has 0 fully saturated rings. The van der Waals surface area contributed by atoms with E-state index in [-0.39, 0.29) is 11.2 Å². The molecule has 4 nitrogen and oxygen atoms in total. The van der Waals surface area contributed by atoms with Crippen LogP contribution in [-0.4, -0.2) is 17.1 Å². The summed E-state index contributed by atoms with van der Waals surface area (Å²) in [5.74, 6) is -0.711. The Morgan fingerprint density at radius 3 is 2.65 bits per heavy atom. The predicted octanol–water partition coefficient (Wildman–Crippen LogP) is 2.35. The van der Waals surface area contributed by atoms with Crippen molar-refractivity contribution in [2.75, 3.05) is 0 Å². The Morgan fingerprint density at radius 1 is 1.22 bits per heavy atom. The quantitative estimate of drug-likeness (QED) is 0.906. The second-order valence-electron chi connectivity index (χ2n) is 5.68. The van der Waals surface area contributed by atoms with Crippen molar-refractivity contribution in [3.63, 3.8) is 0 Å². The molecule has 2 aromatic rings. The molecule has 0 bridgehead atoms. The Morgan fingerprint density at radius 2 is 1.96 bits per heavy atom. The van der Waals surface area contributed by atoms with Gasteiger partial charge in [-0.1, -0.05) is 48.0 Å². The van der Waals surface area contributed by atoms with E-state index in [0.29, 0.717) is 12.0 Å². The topological polar surface area (TPSA) is 72.2 Å². The molecule has 3 N–H and O–H groups in total. The van der Waals surface area contributed by atoms with Crippen LogP contribution in [0.3, 0.4) is 0 Å². The standard InChI is InChI=1S/C18H18N2O2S/c1-11-7-8-13-10-15(23-14(13)9-11)18(22)20-16(17(19)21)12-5-3-2-4-6-12/h2-9,15-16H,10H2,1H3,(H2,19,21)(H,20,22)/t15-,16+/m0/s1. The van der Waals surface area contributed by atoms with Crippen LogP contribution >= 0.6 is 11.8 Å². The second kappa shape index (κ2) is 6.46. The molecule has 2 aromatic carbocycles. The highest BCUT2D eigenvalue weighted by Crippen LogP contribution is 2.37. The number of rotatable bonds is 4. The smallest absolute Gasteiger partial charge is 0.244 e. The average Bonchev–Trinajstić information content (AvgIpc) is 2.96. The summed E-state index contributed by atoms with van der Waals surface area (Å²) in [5, 5.41) is 2.57. The van der Waals surface area contributed by atoms with Crippen LogP contribution in [0.4, 0.5) is 0 Å². The molecule has 5 heteroatoms. The molecule has 23 heavy (non-hydrogen) atoms. The van der Waals surface area contributed by atoms with Gasteiger partial charge in [0, 0.05) is 4.90 Å². The highest BCUT2D eigenvalue weighted by atomic mass is 32.2. The number of hydrogen-bond donors (Lipinski definition) is 2. The molecule has 0 saturated carbocycles. The van der Waals surface area contributed by atoms with E-state index in [1.807, 2.05) is 25.1 Å². The summed E-state index contributed by atoms with van der Waals surface area (Å²) in [7, 11) is 0. The lowest BCUT2D eigenvalue weighted by Gasteiger charge is -2.18. The van der Waals surface area contributed by atoms with Crippen molar-refractivity contribution in [3.8, 4) is 0 Å². The first kappa shape index (κ1) is 15.6. The number of nitrogens with one attached hydrogen (secondary N) is 1. The number of nitrogens with two attached hydrogens (primary N) is 1. The fraction of sp³-hybridized carbons (Fsp3) is 0.222. The summed E-state index contributed by atoms with van der Waals surface area (Å²) in [5.41, 5.74) is 8.51. The number of carbonyl (C=O) groups excluding carboxylic acids is 2. The van der Waals surface area contributed by atoms with Crippen LogP contribution in [0.25, 0.3) is 0 Å².